The number of aryl methyl sites for hydroxylation is 1. The fourth-order valence-corrected chi connectivity index (χ4v) is 3.61. The number of hydrogen-bond donors (Lipinski definition) is 4. The van der Waals surface area contributed by atoms with Gasteiger partial charge in [0.1, 0.15) is 42.3 Å². The Bertz CT molecular complexity index is 1030. The lowest BCUT2D eigenvalue weighted by atomic mass is 10.0. The molecule has 37 heavy (non-hydrogen) atoms. The molecule has 0 aliphatic carbocycles. The van der Waals surface area contributed by atoms with Gasteiger partial charge in [-0.15, -0.1) is 0 Å². The van der Waals surface area contributed by atoms with E-state index in [2.05, 4.69) is 5.48 Å². The van der Waals surface area contributed by atoms with Crippen molar-refractivity contribution in [2.45, 2.75) is 51.9 Å². The first-order valence-corrected chi connectivity index (χ1v) is 12.0. The first kappa shape index (κ1) is 30.1. The summed E-state index contributed by atoms with van der Waals surface area (Å²) in [6.45, 7) is 5.46. The van der Waals surface area contributed by atoms with E-state index >= 15 is 0 Å². The van der Waals surface area contributed by atoms with Crippen molar-refractivity contribution in [3.8, 4) is 5.75 Å². The molecule has 0 aromatic heterocycles. The van der Waals surface area contributed by atoms with Gasteiger partial charge in [-0.3, -0.25) is 14.4 Å². The van der Waals surface area contributed by atoms with E-state index in [0.717, 1.165) is 25.0 Å². The van der Waals surface area contributed by atoms with E-state index in [1.54, 1.807) is 24.0 Å². The largest absolute Gasteiger partial charge is 0.490 e. The molecule has 0 saturated heterocycles. The molecule has 2 aromatic rings. The molecule has 0 spiro atoms. The quantitative estimate of drug-likeness (QED) is 0.279. The van der Waals surface area contributed by atoms with E-state index in [-0.39, 0.29) is 17.2 Å². The van der Waals surface area contributed by atoms with Gasteiger partial charge in [0.25, 0.3) is 11.8 Å². The molecule has 0 bridgehead atoms. The molecule has 9 nitrogen and oxygen atoms in total. The molecule has 0 saturated carbocycles. The average molecular weight is 525 g/mol. The standard InChI is InChI=1S/C26H34F2N2O7/c1-4-6-30(7-5-2)26(35)18-9-16(3)8-17(10-18)25(34)29-37-23(24(33)22(32)14-31)15-36-21-12-19(27)11-20(28)13-21/h8-13,22-24,31-33H,4-7,14-15H2,1-3H3,(H,29,34)/t22?,23-,24+/m0/s1. The van der Waals surface area contributed by atoms with Crippen LogP contribution >= 0.6 is 0 Å². The number of rotatable bonds is 14. The number of hydroxylamine groups is 1. The third kappa shape index (κ3) is 9.04. The Labute approximate surface area is 214 Å². The van der Waals surface area contributed by atoms with E-state index in [9.17, 15) is 33.7 Å². The van der Waals surface area contributed by atoms with Crippen LogP contribution in [0.15, 0.2) is 36.4 Å². The van der Waals surface area contributed by atoms with Crippen molar-refractivity contribution in [3.05, 3.63) is 64.7 Å². The molecular formula is C26H34F2N2O7. The Kier molecular flexibility index (Phi) is 11.9. The predicted octanol–water partition coefficient (Wildman–Crippen LogP) is 2.36. The van der Waals surface area contributed by atoms with Gasteiger partial charge < -0.3 is 25.0 Å². The van der Waals surface area contributed by atoms with Gasteiger partial charge in [0, 0.05) is 42.4 Å². The Hall–Kier alpha value is -3.12. The minimum absolute atomic E-state index is 0.111. The number of halogens is 2. The Morgan fingerprint density at radius 2 is 1.57 bits per heavy atom. The van der Waals surface area contributed by atoms with Crippen molar-refractivity contribution in [2.75, 3.05) is 26.3 Å². The zero-order valence-electron chi connectivity index (χ0n) is 21.1. The SMILES string of the molecule is CCCN(CCC)C(=O)c1cc(C)cc(C(=O)NO[C@@H](COc2cc(F)cc(F)c2)[C@H](O)C(O)CO)c1. The average Bonchev–Trinajstić information content (AvgIpc) is 2.86. The van der Waals surface area contributed by atoms with Gasteiger partial charge in [-0.1, -0.05) is 13.8 Å². The number of ether oxygens (including phenoxy) is 1. The molecule has 0 heterocycles. The lowest BCUT2D eigenvalue weighted by molar-refractivity contribution is -0.133. The van der Waals surface area contributed by atoms with Crippen molar-refractivity contribution in [3.63, 3.8) is 0 Å². The number of aliphatic hydroxyl groups is 3. The highest BCUT2D eigenvalue weighted by molar-refractivity contribution is 5.99. The highest BCUT2D eigenvalue weighted by Gasteiger charge is 2.29. The van der Waals surface area contributed by atoms with Crippen molar-refractivity contribution in [1.82, 2.24) is 10.4 Å². The fraction of sp³-hybridized carbons (Fsp3) is 0.462. The summed E-state index contributed by atoms with van der Waals surface area (Å²) in [6, 6.07) is 7.09. The summed E-state index contributed by atoms with van der Waals surface area (Å²) in [6.07, 6.45) is -3.25. The number of carbonyl (C=O) groups is 2. The van der Waals surface area contributed by atoms with Crippen LogP contribution in [0, 0.1) is 18.6 Å². The number of nitrogens with one attached hydrogen (secondary N) is 1. The molecule has 1 unspecified atom stereocenters. The second-order valence-corrected chi connectivity index (χ2v) is 8.62. The minimum atomic E-state index is -1.73. The van der Waals surface area contributed by atoms with Gasteiger partial charge in [0.15, 0.2) is 0 Å². The number of aliphatic hydroxyl groups excluding tert-OH is 3. The van der Waals surface area contributed by atoms with Crippen LogP contribution in [0.25, 0.3) is 0 Å². The molecule has 3 atom stereocenters. The van der Waals surface area contributed by atoms with E-state index in [0.29, 0.717) is 30.3 Å². The monoisotopic (exact) mass is 524 g/mol. The molecule has 204 valence electrons. The fourth-order valence-electron chi connectivity index (χ4n) is 3.61. The van der Waals surface area contributed by atoms with Crippen LogP contribution in [0.3, 0.4) is 0 Å². The second-order valence-electron chi connectivity index (χ2n) is 8.62. The predicted molar refractivity (Wildman–Crippen MR) is 131 cm³/mol. The van der Waals surface area contributed by atoms with E-state index in [1.807, 2.05) is 13.8 Å². The highest BCUT2D eigenvalue weighted by Crippen LogP contribution is 2.17. The molecule has 4 N–H and O–H groups in total. The maximum absolute atomic E-state index is 13.4. The first-order chi connectivity index (χ1) is 17.6. The van der Waals surface area contributed by atoms with Crippen LogP contribution in [0.4, 0.5) is 8.78 Å². The van der Waals surface area contributed by atoms with Crippen molar-refractivity contribution < 1.29 is 43.3 Å². The highest BCUT2D eigenvalue weighted by atomic mass is 19.1. The molecule has 11 heteroatoms. The molecule has 0 aliphatic rings. The van der Waals surface area contributed by atoms with Gasteiger partial charge in [0.05, 0.1) is 6.61 Å². The van der Waals surface area contributed by atoms with Crippen LogP contribution in [0.1, 0.15) is 53.0 Å². The third-order valence-corrected chi connectivity index (χ3v) is 5.38. The van der Waals surface area contributed by atoms with E-state index in [4.69, 9.17) is 9.57 Å². The summed E-state index contributed by atoms with van der Waals surface area (Å²) >= 11 is 0. The van der Waals surface area contributed by atoms with Crippen LogP contribution in [0.5, 0.6) is 5.75 Å². The lowest BCUT2D eigenvalue weighted by Gasteiger charge is -2.26. The van der Waals surface area contributed by atoms with E-state index in [1.165, 1.54) is 6.07 Å². The van der Waals surface area contributed by atoms with Crippen LogP contribution in [-0.2, 0) is 4.84 Å². The molecule has 2 aromatic carbocycles. The number of carbonyl (C=O) groups excluding carboxylic acids is 2. The van der Waals surface area contributed by atoms with Gasteiger partial charge in [-0.25, -0.2) is 14.3 Å². The summed E-state index contributed by atoms with van der Waals surface area (Å²) in [5.41, 5.74) is 3.25. The van der Waals surface area contributed by atoms with Gasteiger partial charge in [-0.05, 0) is 43.5 Å². The summed E-state index contributed by atoms with van der Waals surface area (Å²) in [5.74, 6) is -2.95. The summed E-state index contributed by atoms with van der Waals surface area (Å²) in [7, 11) is 0. The van der Waals surface area contributed by atoms with Crippen molar-refractivity contribution >= 4 is 11.8 Å². The molecule has 0 radical (unpaired) electrons. The molecule has 0 aliphatic heterocycles. The molecule has 0 fully saturated rings. The smallest absolute Gasteiger partial charge is 0.274 e. The van der Waals surface area contributed by atoms with Crippen molar-refractivity contribution in [1.29, 1.82) is 0 Å². The van der Waals surface area contributed by atoms with Crippen molar-refractivity contribution in [2.24, 2.45) is 0 Å². The Morgan fingerprint density at radius 1 is 0.973 bits per heavy atom. The normalized spacial score (nSPS) is 13.5. The summed E-state index contributed by atoms with van der Waals surface area (Å²) < 4.78 is 32.1. The molecular weight excluding hydrogens is 490 g/mol. The minimum Gasteiger partial charge on any atom is -0.490 e. The lowest BCUT2D eigenvalue weighted by Crippen LogP contribution is -2.47. The molecule has 2 rings (SSSR count). The van der Waals surface area contributed by atoms with Crippen LogP contribution < -0.4 is 10.2 Å². The molecule has 2 amide bonds. The van der Waals surface area contributed by atoms with E-state index < -0.39 is 49.1 Å². The zero-order chi connectivity index (χ0) is 27.5. The number of benzene rings is 2. The van der Waals surface area contributed by atoms with Crippen LogP contribution in [0.2, 0.25) is 0 Å². The third-order valence-electron chi connectivity index (χ3n) is 5.38. The summed E-state index contributed by atoms with van der Waals surface area (Å²) in [5, 5.41) is 29.3. The van der Waals surface area contributed by atoms with Gasteiger partial charge in [-0.2, -0.15) is 0 Å². The maximum atomic E-state index is 13.4. The summed E-state index contributed by atoms with van der Waals surface area (Å²) in [4.78, 5) is 32.8. The number of amides is 2. The van der Waals surface area contributed by atoms with Gasteiger partial charge >= 0.3 is 0 Å². The Morgan fingerprint density at radius 3 is 2.14 bits per heavy atom. The van der Waals surface area contributed by atoms with Gasteiger partial charge in [0.2, 0.25) is 0 Å². The number of hydrogen-bond acceptors (Lipinski definition) is 7. The first-order valence-electron chi connectivity index (χ1n) is 12.0. The topological polar surface area (TPSA) is 129 Å². The number of nitrogens with zero attached hydrogens (tertiary/aromatic N) is 1. The maximum Gasteiger partial charge on any atom is 0.274 e. The van der Waals surface area contributed by atoms with Crippen LogP contribution in [-0.4, -0.2) is 76.6 Å². The second kappa shape index (κ2) is 14.6. The zero-order valence-corrected chi connectivity index (χ0v) is 21.1. The Balaban J connectivity index is 2.17.